The van der Waals surface area contributed by atoms with Crippen molar-refractivity contribution in [3.63, 3.8) is 0 Å². The second kappa shape index (κ2) is 5.66. The Balaban J connectivity index is 2.19. The highest BCUT2D eigenvalue weighted by Gasteiger charge is 2.19. The Hall–Kier alpha value is -2.59. The minimum atomic E-state index is -1.24. The van der Waals surface area contributed by atoms with E-state index in [0.29, 0.717) is 27.1 Å². The topological polar surface area (TPSA) is 73.0 Å². The predicted octanol–water partition coefficient (Wildman–Crippen LogP) is 2.34. The van der Waals surface area contributed by atoms with E-state index in [2.05, 4.69) is 4.98 Å². The van der Waals surface area contributed by atoms with Crippen molar-refractivity contribution < 1.29 is 14.7 Å². The summed E-state index contributed by atoms with van der Waals surface area (Å²) in [6, 6.07) is 13.7. The fourth-order valence-corrected chi connectivity index (χ4v) is 2.66. The van der Waals surface area contributed by atoms with Gasteiger partial charge in [-0.2, -0.15) is 0 Å². The molecule has 0 fully saturated rings. The zero-order chi connectivity index (χ0) is 15.7. The molecular weight excluding hydrogens is 302 g/mol. The van der Waals surface area contributed by atoms with E-state index in [1.807, 2.05) is 6.07 Å². The summed E-state index contributed by atoms with van der Waals surface area (Å²) in [5.74, 6) is -1.50. The van der Waals surface area contributed by atoms with Crippen LogP contribution in [0, 0.1) is 0 Å². The second-order valence-corrected chi connectivity index (χ2v) is 5.35. The average Bonchev–Trinajstić information content (AvgIpc) is 2.84. The molecule has 0 amide bonds. The quantitative estimate of drug-likeness (QED) is 0.752. The van der Waals surface area contributed by atoms with Crippen LogP contribution in [0.4, 0.5) is 0 Å². The molecule has 3 rings (SSSR count). The first-order valence-electron chi connectivity index (χ1n) is 6.66. The Morgan fingerprint density at radius 3 is 2.50 bits per heavy atom. The van der Waals surface area contributed by atoms with Crippen LogP contribution in [0.25, 0.3) is 10.9 Å². The number of fused-ring (bicyclic) bond motifs is 1. The summed E-state index contributed by atoms with van der Waals surface area (Å²) in [7, 11) is 0. The fourth-order valence-electron chi connectivity index (χ4n) is 2.48. The van der Waals surface area contributed by atoms with E-state index in [1.54, 1.807) is 42.5 Å². The molecule has 0 bridgehead atoms. The third kappa shape index (κ3) is 2.61. The number of hydrogen-bond donors (Lipinski definition) is 1. The van der Waals surface area contributed by atoms with E-state index in [9.17, 15) is 14.7 Å². The van der Waals surface area contributed by atoms with Crippen LogP contribution < -0.4 is 5.11 Å². The number of aromatic amines is 1. The van der Waals surface area contributed by atoms with Gasteiger partial charge in [0, 0.05) is 33.9 Å². The van der Waals surface area contributed by atoms with E-state index in [1.165, 1.54) is 0 Å². The van der Waals surface area contributed by atoms with Gasteiger partial charge in [0.1, 0.15) is 0 Å². The first-order chi connectivity index (χ1) is 10.6. The zero-order valence-corrected chi connectivity index (χ0v) is 12.2. The number of aliphatic carboxylic acids is 1. The lowest BCUT2D eigenvalue weighted by molar-refractivity contribution is -0.304. The molecule has 2 aromatic carbocycles. The summed E-state index contributed by atoms with van der Waals surface area (Å²) >= 11 is 5.95. The van der Waals surface area contributed by atoms with Crippen molar-refractivity contribution in [2.24, 2.45) is 0 Å². The molecule has 5 heteroatoms. The van der Waals surface area contributed by atoms with Gasteiger partial charge in [0.05, 0.1) is 5.69 Å². The number of carboxylic acid groups (broad SMARTS) is 1. The van der Waals surface area contributed by atoms with E-state index >= 15 is 0 Å². The SMILES string of the molecule is O=C([O-])Cc1c(C(=O)c2ccccc2)[nH]c2cc(Cl)ccc12. The summed E-state index contributed by atoms with van der Waals surface area (Å²) in [4.78, 5) is 26.6. The van der Waals surface area contributed by atoms with E-state index in [0.717, 1.165) is 0 Å². The lowest BCUT2D eigenvalue weighted by Crippen LogP contribution is -2.25. The highest BCUT2D eigenvalue weighted by molar-refractivity contribution is 6.31. The number of carbonyl (C=O) groups excluding carboxylic acids is 2. The summed E-state index contributed by atoms with van der Waals surface area (Å²) in [6.07, 6.45) is -0.338. The van der Waals surface area contributed by atoms with Crippen molar-refractivity contribution in [3.8, 4) is 0 Å². The Bertz CT molecular complexity index is 868. The van der Waals surface area contributed by atoms with Crippen LogP contribution >= 0.6 is 11.6 Å². The van der Waals surface area contributed by atoms with Gasteiger partial charge in [0.2, 0.25) is 5.78 Å². The molecule has 0 aliphatic rings. The van der Waals surface area contributed by atoms with E-state index in [4.69, 9.17) is 11.6 Å². The first kappa shape index (κ1) is 14.4. The number of carboxylic acids is 1. The van der Waals surface area contributed by atoms with Crippen LogP contribution in [-0.4, -0.2) is 16.7 Å². The fraction of sp³-hybridized carbons (Fsp3) is 0.0588. The van der Waals surface area contributed by atoms with Crippen LogP contribution in [0.5, 0.6) is 0 Å². The summed E-state index contributed by atoms with van der Waals surface area (Å²) < 4.78 is 0. The maximum Gasteiger partial charge on any atom is 0.209 e. The molecule has 0 radical (unpaired) electrons. The Labute approximate surface area is 131 Å². The standard InChI is InChI=1S/C17H12ClNO3/c18-11-6-7-12-13(9-15(20)21)16(19-14(12)8-11)17(22)10-4-2-1-3-5-10/h1-8,19H,9H2,(H,20,21)/p-1. The predicted molar refractivity (Wildman–Crippen MR) is 81.9 cm³/mol. The molecule has 0 aliphatic heterocycles. The molecule has 1 N–H and O–H groups in total. The number of benzene rings is 2. The van der Waals surface area contributed by atoms with Crippen LogP contribution in [-0.2, 0) is 11.2 Å². The molecule has 1 heterocycles. The van der Waals surface area contributed by atoms with Gasteiger partial charge in [-0.25, -0.2) is 0 Å². The molecule has 0 saturated heterocycles. The van der Waals surface area contributed by atoms with Gasteiger partial charge >= 0.3 is 0 Å². The molecule has 3 aromatic rings. The summed E-state index contributed by atoms with van der Waals surface area (Å²) in [5.41, 5.74) is 1.79. The number of hydrogen-bond acceptors (Lipinski definition) is 3. The number of aromatic nitrogens is 1. The van der Waals surface area contributed by atoms with Gasteiger partial charge in [-0.1, -0.05) is 48.0 Å². The molecule has 0 aliphatic carbocycles. The zero-order valence-electron chi connectivity index (χ0n) is 11.4. The third-order valence-electron chi connectivity index (χ3n) is 3.45. The van der Waals surface area contributed by atoms with Gasteiger partial charge in [-0.3, -0.25) is 4.79 Å². The molecule has 0 unspecified atom stereocenters. The van der Waals surface area contributed by atoms with Crippen molar-refractivity contribution in [1.82, 2.24) is 4.98 Å². The minimum Gasteiger partial charge on any atom is -0.550 e. The molecule has 22 heavy (non-hydrogen) atoms. The van der Waals surface area contributed by atoms with Crippen LogP contribution in [0.1, 0.15) is 21.6 Å². The smallest absolute Gasteiger partial charge is 0.209 e. The van der Waals surface area contributed by atoms with Crippen LogP contribution in [0.15, 0.2) is 48.5 Å². The summed E-state index contributed by atoms with van der Waals surface area (Å²) in [5, 5.41) is 12.2. The monoisotopic (exact) mass is 312 g/mol. The summed E-state index contributed by atoms with van der Waals surface area (Å²) in [6.45, 7) is 0. The van der Waals surface area contributed by atoms with Crippen molar-refractivity contribution in [2.75, 3.05) is 0 Å². The molecule has 0 atom stereocenters. The van der Waals surface area contributed by atoms with Crippen molar-refractivity contribution in [3.05, 3.63) is 70.4 Å². The Morgan fingerprint density at radius 2 is 1.82 bits per heavy atom. The maximum atomic E-state index is 12.6. The Morgan fingerprint density at radius 1 is 1.09 bits per heavy atom. The molecule has 0 saturated carbocycles. The van der Waals surface area contributed by atoms with Gasteiger partial charge in [-0.05, 0) is 17.7 Å². The first-order valence-corrected chi connectivity index (χ1v) is 7.04. The number of halogens is 1. The van der Waals surface area contributed by atoms with Crippen LogP contribution in [0.3, 0.4) is 0 Å². The Kier molecular flexibility index (Phi) is 3.69. The number of ketones is 1. The largest absolute Gasteiger partial charge is 0.550 e. The molecule has 0 spiro atoms. The lowest BCUT2D eigenvalue weighted by atomic mass is 10.0. The highest BCUT2D eigenvalue weighted by Crippen LogP contribution is 2.27. The van der Waals surface area contributed by atoms with Gasteiger partial charge in [0.25, 0.3) is 0 Å². The highest BCUT2D eigenvalue weighted by atomic mass is 35.5. The van der Waals surface area contributed by atoms with Crippen molar-refractivity contribution in [2.45, 2.75) is 6.42 Å². The van der Waals surface area contributed by atoms with Gasteiger partial charge in [-0.15, -0.1) is 0 Å². The normalized spacial score (nSPS) is 10.8. The number of H-pyrrole nitrogens is 1. The van der Waals surface area contributed by atoms with Crippen molar-refractivity contribution in [1.29, 1.82) is 0 Å². The number of nitrogens with one attached hydrogen (secondary N) is 1. The minimum absolute atomic E-state index is 0.257. The van der Waals surface area contributed by atoms with Crippen LogP contribution in [0.2, 0.25) is 5.02 Å². The second-order valence-electron chi connectivity index (χ2n) is 4.91. The van der Waals surface area contributed by atoms with Crippen molar-refractivity contribution >= 4 is 34.3 Å². The molecule has 1 aromatic heterocycles. The number of carbonyl (C=O) groups is 2. The van der Waals surface area contributed by atoms with E-state index in [-0.39, 0.29) is 17.9 Å². The van der Waals surface area contributed by atoms with E-state index < -0.39 is 5.97 Å². The molecule has 4 nitrogen and oxygen atoms in total. The van der Waals surface area contributed by atoms with Gasteiger partial charge in [0.15, 0.2) is 0 Å². The van der Waals surface area contributed by atoms with Gasteiger partial charge < -0.3 is 14.9 Å². The molecular formula is C17H11ClNO3-. The molecule has 110 valence electrons. The lowest BCUT2D eigenvalue weighted by Gasteiger charge is -2.05. The average molecular weight is 313 g/mol. The third-order valence-corrected chi connectivity index (χ3v) is 3.69. The number of rotatable bonds is 4. The maximum absolute atomic E-state index is 12.6.